The van der Waals surface area contributed by atoms with Crippen LogP contribution < -0.4 is 5.32 Å². The highest BCUT2D eigenvalue weighted by atomic mass is 35.7. The van der Waals surface area contributed by atoms with E-state index in [1.165, 1.54) is 24.3 Å². The van der Waals surface area contributed by atoms with Crippen molar-refractivity contribution in [3.8, 4) is 0 Å². The largest absolute Gasteiger partial charge is 0.322 e. The van der Waals surface area contributed by atoms with Gasteiger partial charge in [-0.3, -0.25) is 4.79 Å². The van der Waals surface area contributed by atoms with Crippen LogP contribution in [0.4, 0.5) is 14.5 Å². The van der Waals surface area contributed by atoms with Gasteiger partial charge in [-0.2, -0.15) is 0 Å². The van der Waals surface area contributed by atoms with E-state index in [0.717, 1.165) is 12.1 Å². The van der Waals surface area contributed by atoms with Crippen LogP contribution in [0.3, 0.4) is 0 Å². The number of rotatable bonds is 3. The second-order valence-electron chi connectivity index (χ2n) is 4.04. The van der Waals surface area contributed by atoms with Gasteiger partial charge < -0.3 is 5.32 Å². The van der Waals surface area contributed by atoms with Crippen molar-refractivity contribution in [2.45, 2.75) is 4.90 Å². The van der Waals surface area contributed by atoms with E-state index in [9.17, 15) is 22.0 Å². The first-order chi connectivity index (χ1) is 9.77. The van der Waals surface area contributed by atoms with Crippen molar-refractivity contribution >= 4 is 31.3 Å². The molecule has 2 aromatic carbocycles. The number of anilines is 1. The highest BCUT2D eigenvalue weighted by molar-refractivity contribution is 8.13. The molecule has 2 rings (SSSR count). The maximum absolute atomic E-state index is 13.4. The van der Waals surface area contributed by atoms with E-state index in [0.29, 0.717) is 6.07 Å². The van der Waals surface area contributed by atoms with E-state index in [2.05, 4.69) is 5.32 Å². The molecule has 0 aliphatic heterocycles. The standard InChI is InChI=1S/C13H8ClF2NO3S/c14-21(19,20)10-4-2-9(3-5-10)17-13(18)11-6-1-8(15)7-12(11)16/h1-7H,(H,17,18). The molecule has 0 saturated carbocycles. The highest BCUT2D eigenvalue weighted by Gasteiger charge is 2.14. The zero-order chi connectivity index (χ0) is 15.6. The molecule has 4 nitrogen and oxygen atoms in total. The molecule has 0 heterocycles. The van der Waals surface area contributed by atoms with Gasteiger partial charge in [-0.25, -0.2) is 17.2 Å². The Morgan fingerprint density at radius 1 is 1.05 bits per heavy atom. The van der Waals surface area contributed by atoms with E-state index >= 15 is 0 Å². The summed E-state index contributed by atoms with van der Waals surface area (Å²) in [5.41, 5.74) is -0.0850. The third-order valence-corrected chi connectivity index (χ3v) is 3.94. The van der Waals surface area contributed by atoms with E-state index in [4.69, 9.17) is 10.7 Å². The average Bonchev–Trinajstić information content (AvgIpc) is 2.38. The lowest BCUT2D eigenvalue weighted by atomic mass is 10.2. The molecule has 0 aromatic heterocycles. The van der Waals surface area contributed by atoms with E-state index in [1.807, 2.05) is 0 Å². The van der Waals surface area contributed by atoms with Gasteiger partial charge in [-0.05, 0) is 36.4 Å². The van der Waals surface area contributed by atoms with Crippen LogP contribution in [0.25, 0.3) is 0 Å². The number of hydrogen-bond acceptors (Lipinski definition) is 3. The fourth-order valence-corrected chi connectivity index (χ4v) is 2.34. The number of amides is 1. The Kier molecular flexibility index (Phi) is 4.24. The van der Waals surface area contributed by atoms with Crippen LogP contribution in [0.15, 0.2) is 47.4 Å². The molecule has 0 bridgehead atoms. The summed E-state index contributed by atoms with van der Waals surface area (Å²) in [6, 6.07) is 7.55. The second kappa shape index (κ2) is 5.79. The van der Waals surface area contributed by atoms with E-state index in [1.54, 1.807) is 0 Å². The predicted octanol–water partition coefficient (Wildman–Crippen LogP) is 3.14. The molecule has 0 fully saturated rings. The minimum atomic E-state index is -3.85. The van der Waals surface area contributed by atoms with Crippen LogP contribution in [-0.4, -0.2) is 14.3 Å². The Morgan fingerprint density at radius 2 is 1.67 bits per heavy atom. The smallest absolute Gasteiger partial charge is 0.261 e. The molecule has 2 aromatic rings. The molecular formula is C13H8ClF2NO3S. The summed E-state index contributed by atoms with van der Waals surface area (Å²) in [4.78, 5) is 11.7. The number of nitrogens with one attached hydrogen (secondary N) is 1. The fourth-order valence-electron chi connectivity index (χ4n) is 1.57. The van der Waals surface area contributed by atoms with Crippen LogP contribution >= 0.6 is 10.7 Å². The maximum atomic E-state index is 13.4. The van der Waals surface area contributed by atoms with Gasteiger partial charge in [0.1, 0.15) is 11.6 Å². The van der Waals surface area contributed by atoms with Gasteiger partial charge in [-0.1, -0.05) is 0 Å². The zero-order valence-corrected chi connectivity index (χ0v) is 11.9. The molecule has 0 aliphatic carbocycles. The van der Waals surface area contributed by atoms with Crippen molar-refractivity contribution in [1.82, 2.24) is 0 Å². The third kappa shape index (κ3) is 3.77. The van der Waals surface area contributed by atoms with Crippen molar-refractivity contribution in [2.24, 2.45) is 0 Å². The van der Waals surface area contributed by atoms with Crippen LogP contribution in [0.2, 0.25) is 0 Å². The SMILES string of the molecule is O=C(Nc1ccc(S(=O)(=O)Cl)cc1)c1ccc(F)cc1F. The monoisotopic (exact) mass is 331 g/mol. The topological polar surface area (TPSA) is 63.2 Å². The van der Waals surface area contributed by atoms with Crippen molar-refractivity contribution < 1.29 is 22.0 Å². The van der Waals surface area contributed by atoms with Crippen molar-refractivity contribution in [2.75, 3.05) is 5.32 Å². The summed E-state index contributed by atoms with van der Waals surface area (Å²) in [7, 11) is 1.29. The first kappa shape index (κ1) is 15.4. The van der Waals surface area contributed by atoms with Crippen LogP contribution in [0, 0.1) is 11.6 Å². The second-order valence-corrected chi connectivity index (χ2v) is 6.61. The lowest BCUT2D eigenvalue weighted by Gasteiger charge is -2.06. The molecule has 110 valence electrons. The number of hydrogen-bond donors (Lipinski definition) is 1. The molecule has 0 spiro atoms. The Morgan fingerprint density at radius 3 is 2.19 bits per heavy atom. The van der Waals surface area contributed by atoms with Gasteiger partial charge in [0, 0.05) is 22.4 Å². The Hall–Kier alpha value is -1.99. The Balaban J connectivity index is 2.20. The molecule has 21 heavy (non-hydrogen) atoms. The van der Waals surface area contributed by atoms with Crippen molar-refractivity contribution in [1.29, 1.82) is 0 Å². The predicted molar refractivity (Wildman–Crippen MR) is 73.8 cm³/mol. The normalized spacial score (nSPS) is 11.2. The van der Waals surface area contributed by atoms with Crippen molar-refractivity contribution in [3.05, 3.63) is 59.7 Å². The third-order valence-electron chi connectivity index (χ3n) is 2.57. The minimum absolute atomic E-state index is 0.130. The molecule has 1 amide bonds. The molecule has 0 unspecified atom stereocenters. The molecular weight excluding hydrogens is 324 g/mol. The summed E-state index contributed by atoms with van der Waals surface area (Å²) in [6.45, 7) is 0. The molecule has 1 N–H and O–H groups in total. The van der Waals surface area contributed by atoms with E-state index in [-0.39, 0.29) is 16.1 Å². The molecule has 8 heteroatoms. The summed E-state index contributed by atoms with van der Waals surface area (Å²) in [6.07, 6.45) is 0. The highest BCUT2D eigenvalue weighted by Crippen LogP contribution is 2.18. The van der Waals surface area contributed by atoms with Crippen LogP contribution in [0.5, 0.6) is 0 Å². The number of halogens is 3. The fraction of sp³-hybridized carbons (Fsp3) is 0. The number of benzene rings is 2. The quantitative estimate of drug-likeness (QED) is 0.879. The first-order valence-electron chi connectivity index (χ1n) is 5.58. The number of carbonyl (C=O) groups excluding carboxylic acids is 1. The minimum Gasteiger partial charge on any atom is -0.322 e. The molecule has 0 atom stereocenters. The summed E-state index contributed by atoms with van der Waals surface area (Å²) < 4.78 is 48.3. The lowest BCUT2D eigenvalue weighted by Crippen LogP contribution is -2.13. The van der Waals surface area contributed by atoms with Gasteiger partial charge in [0.15, 0.2) is 0 Å². The maximum Gasteiger partial charge on any atom is 0.261 e. The van der Waals surface area contributed by atoms with Crippen molar-refractivity contribution in [3.63, 3.8) is 0 Å². The van der Waals surface area contributed by atoms with E-state index < -0.39 is 26.6 Å². The molecule has 0 saturated heterocycles. The summed E-state index contributed by atoms with van der Waals surface area (Å²) in [5.74, 6) is -2.57. The Bertz CT molecular complexity index is 792. The van der Waals surface area contributed by atoms with Gasteiger partial charge in [0.05, 0.1) is 10.5 Å². The Labute approximate surface area is 123 Å². The molecule has 0 radical (unpaired) electrons. The van der Waals surface area contributed by atoms with Gasteiger partial charge in [0.25, 0.3) is 15.0 Å². The van der Waals surface area contributed by atoms with Gasteiger partial charge in [-0.15, -0.1) is 0 Å². The first-order valence-corrected chi connectivity index (χ1v) is 7.89. The number of carbonyl (C=O) groups is 1. The van der Waals surface area contributed by atoms with Crippen LogP contribution in [-0.2, 0) is 9.05 Å². The summed E-state index contributed by atoms with van der Waals surface area (Å²) in [5, 5.41) is 2.36. The van der Waals surface area contributed by atoms with Gasteiger partial charge in [0.2, 0.25) is 0 Å². The average molecular weight is 332 g/mol. The van der Waals surface area contributed by atoms with Gasteiger partial charge >= 0.3 is 0 Å². The summed E-state index contributed by atoms with van der Waals surface area (Å²) >= 11 is 0. The zero-order valence-electron chi connectivity index (χ0n) is 10.3. The lowest BCUT2D eigenvalue weighted by molar-refractivity contribution is 0.102. The molecule has 0 aliphatic rings. The van der Waals surface area contributed by atoms with Crippen LogP contribution in [0.1, 0.15) is 10.4 Å².